The Labute approximate surface area is 112 Å². The Morgan fingerprint density at radius 1 is 1.16 bits per heavy atom. The Morgan fingerprint density at radius 3 is 2.74 bits per heavy atom. The van der Waals surface area contributed by atoms with Crippen molar-refractivity contribution in [1.29, 1.82) is 0 Å². The molecule has 1 aliphatic rings. The minimum Gasteiger partial charge on any atom is -0.508 e. The fourth-order valence-electron chi connectivity index (χ4n) is 2.62. The molecule has 0 amide bonds. The highest BCUT2D eigenvalue weighted by molar-refractivity contribution is 5.44. The zero-order valence-electron chi connectivity index (χ0n) is 10.6. The first-order chi connectivity index (χ1) is 9.24. The van der Waals surface area contributed by atoms with Crippen LogP contribution in [0.2, 0.25) is 0 Å². The predicted molar refractivity (Wildman–Crippen MR) is 74.5 cm³/mol. The van der Waals surface area contributed by atoms with Gasteiger partial charge in [-0.1, -0.05) is 30.3 Å². The standard InChI is InChI=1S/C16H17NO2/c17-15-10-19-16-7-6-12(18)9-14(16)13(15)8-11-4-2-1-3-5-11/h1-7,9,13,15,18H,8,10,17H2/t13-,15-/m0/s1. The molecule has 19 heavy (non-hydrogen) atoms. The van der Waals surface area contributed by atoms with Gasteiger partial charge in [0, 0.05) is 17.5 Å². The Bertz CT molecular complexity index is 568. The third-order valence-corrected chi connectivity index (χ3v) is 3.64. The molecule has 2 aromatic carbocycles. The van der Waals surface area contributed by atoms with E-state index in [4.69, 9.17) is 10.5 Å². The second-order valence-electron chi connectivity index (χ2n) is 4.99. The molecule has 0 spiro atoms. The lowest BCUT2D eigenvalue weighted by Gasteiger charge is -2.31. The average molecular weight is 255 g/mol. The second kappa shape index (κ2) is 4.94. The molecule has 0 fully saturated rings. The van der Waals surface area contributed by atoms with Gasteiger partial charge in [-0.15, -0.1) is 0 Å². The lowest BCUT2D eigenvalue weighted by Crippen LogP contribution is -2.39. The highest BCUT2D eigenvalue weighted by atomic mass is 16.5. The number of rotatable bonds is 2. The molecule has 1 heterocycles. The fourth-order valence-corrected chi connectivity index (χ4v) is 2.62. The zero-order chi connectivity index (χ0) is 13.2. The monoisotopic (exact) mass is 255 g/mol. The number of hydrogen-bond acceptors (Lipinski definition) is 3. The van der Waals surface area contributed by atoms with Crippen LogP contribution in [-0.4, -0.2) is 17.8 Å². The number of ether oxygens (including phenoxy) is 1. The van der Waals surface area contributed by atoms with Crippen LogP contribution in [0.3, 0.4) is 0 Å². The zero-order valence-corrected chi connectivity index (χ0v) is 10.6. The molecule has 3 rings (SSSR count). The number of nitrogens with two attached hydrogens (primary N) is 1. The van der Waals surface area contributed by atoms with Crippen molar-refractivity contribution in [3.05, 3.63) is 59.7 Å². The van der Waals surface area contributed by atoms with Gasteiger partial charge in [0.1, 0.15) is 18.1 Å². The molecule has 3 N–H and O–H groups in total. The summed E-state index contributed by atoms with van der Waals surface area (Å²) in [7, 11) is 0. The van der Waals surface area contributed by atoms with Crippen LogP contribution in [0.15, 0.2) is 48.5 Å². The summed E-state index contributed by atoms with van der Waals surface area (Å²) in [5, 5.41) is 9.66. The number of phenols is 1. The Kier molecular flexibility index (Phi) is 3.13. The third-order valence-electron chi connectivity index (χ3n) is 3.64. The van der Waals surface area contributed by atoms with E-state index in [9.17, 15) is 5.11 Å². The molecule has 98 valence electrons. The van der Waals surface area contributed by atoms with Crippen LogP contribution < -0.4 is 10.5 Å². The van der Waals surface area contributed by atoms with Gasteiger partial charge in [-0.3, -0.25) is 0 Å². The van der Waals surface area contributed by atoms with E-state index in [1.165, 1.54) is 5.56 Å². The van der Waals surface area contributed by atoms with E-state index in [0.29, 0.717) is 6.61 Å². The molecule has 0 aliphatic carbocycles. The van der Waals surface area contributed by atoms with Gasteiger partial charge in [0.25, 0.3) is 0 Å². The SMILES string of the molecule is N[C@H]1COc2ccc(O)cc2[C@@H]1Cc1ccccc1. The summed E-state index contributed by atoms with van der Waals surface area (Å²) < 4.78 is 5.62. The maximum absolute atomic E-state index is 9.66. The first-order valence-electron chi connectivity index (χ1n) is 6.49. The first kappa shape index (κ1) is 12.1. The van der Waals surface area contributed by atoms with Crippen LogP contribution in [0.1, 0.15) is 17.0 Å². The molecule has 0 unspecified atom stereocenters. The van der Waals surface area contributed by atoms with Crippen molar-refractivity contribution in [2.24, 2.45) is 5.73 Å². The van der Waals surface area contributed by atoms with Crippen molar-refractivity contribution < 1.29 is 9.84 Å². The highest BCUT2D eigenvalue weighted by Gasteiger charge is 2.28. The van der Waals surface area contributed by atoms with E-state index >= 15 is 0 Å². The molecule has 2 atom stereocenters. The summed E-state index contributed by atoms with van der Waals surface area (Å²) in [5.74, 6) is 1.27. The maximum Gasteiger partial charge on any atom is 0.123 e. The van der Waals surface area contributed by atoms with Gasteiger partial charge >= 0.3 is 0 Å². The predicted octanol–water partition coefficient (Wildman–Crippen LogP) is 2.44. The van der Waals surface area contributed by atoms with Crippen molar-refractivity contribution in [3.63, 3.8) is 0 Å². The molecule has 0 saturated carbocycles. The minimum absolute atomic E-state index is 0.0468. The van der Waals surface area contributed by atoms with Crippen LogP contribution in [0, 0.1) is 0 Å². The highest BCUT2D eigenvalue weighted by Crippen LogP contribution is 2.37. The summed E-state index contributed by atoms with van der Waals surface area (Å²) in [4.78, 5) is 0. The summed E-state index contributed by atoms with van der Waals surface area (Å²) in [5.41, 5.74) is 8.44. The van der Waals surface area contributed by atoms with E-state index in [2.05, 4.69) is 12.1 Å². The largest absolute Gasteiger partial charge is 0.508 e. The molecule has 3 heteroatoms. The normalized spacial score (nSPS) is 21.5. The van der Waals surface area contributed by atoms with E-state index < -0.39 is 0 Å². The lowest BCUT2D eigenvalue weighted by molar-refractivity contribution is 0.237. The Hall–Kier alpha value is -2.00. The summed E-state index contributed by atoms with van der Waals surface area (Å²) in [6.45, 7) is 0.523. The number of aromatic hydroxyl groups is 1. The van der Waals surface area contributed by atoms with Crippen LogP contribution in [0.5, 0.6) is 11.5 Å². The van der Waals surface area contributed by atoms with Crippen LogP contribution in [-0.2, 0) is 6.42 Å². The topological polar surface area (TPSA) is 55.5 Å². The number of benzene rings is 2. The molecular formula is C16H17NO2. The molecular weight excluding hydrogens is 238 g/mol. The second-order valence-corrected chi connectivity index (χ2v) is 4.99. The van der Waals surface area contributed by atoms with Crippen molar-refractivity contribution >= 4 is 0 Å². The van der Waals surface area contributed by atoms with Crippen molar-refractivity contribution in [2.45, 2.75) is 18.4 Å². The molecule has 0 saturated heterocycles. The quantitative estimate of drug-likeness (QED) is 0.866. The number of hydrogen-bond donors (Lipinski definition) is 2. The molecule has 0 aromatic heterocycles. The number of fused-ring (bicyclic) bond motifs is 1. The van der Waals surface area contributed by atoms with E-state index in [1.807, 2.05) is 24.3 Å². The Balaban J connectivity index is 1.94. The van der Waals surface area contributed by atoms with Crippen molar-refractivity contribution in [2.75, 3.05) is 6.61 Å². The van der Waals surface area contributed by atoms with Crippen LogP contribution in [0.4, 0.5) is 0 Å². The van der Waals surface area contributed by atoms with Gasteiger partial charge < -0.3 is 15.6 Å². The smallest absolute Gasteiger partial charge is 0.123 e. The molecule has 0 radical (unpaired) electrons. The fraction of sp³-hybridized carbons (Fsp3) is 0.250. The van der Waals surface area contributed by atoms with Crippen molar-refractivity contribution in [1.82, 2.24) is 0 Å². The third kappa shape index (κ3) is 2.42. The van der Waals surface area contributed by atoms with Crippen LogP contribution >= 0.6 is 0 Å². The number of phenolic OH excluding ortho intramolecular Hbond substituents is 1. The maximum atomic E-state index is 9.66. The van der Waals surface area contributed by atoms with E-state index in [-0.39, 0.29) is 17.7 Å². The average Bonchev–Trinajstić information content (AvgIpc) is 2.43. The molecule has 0 bridgehead atoms. The van der Waals surface area contributed by atoms with E-state index in [1.54, 1.807) is 12.1 Å². The Morgan fingerprint density at radius 2 is 1.95 bits per heavy atom. The summed E-state index contributed by atoms with van der Waals surface area (Å²) in [6, 6.07) is 15.5. The van der Waals surface area contributed by atoms with E-state index in [0.717, 1.165) is 17.7 Å². The molecule has 2 aromatic rings. The summed E-state index contributed by atoms with van der Waals surface area (Å²) >= 11 is 0. The van der Waals surface area contributed by atoms with Crippen LogP contribution in [0.25, 0.3) is 0 Å². The van der Waals surface area contributed by atoms with Gasteiger partial charge in [0.2, 0.25) is 0 Å². The van der Waals surface area contributed by atoms with Crippen molar-refractivity contribution in [3.8, 4) is 11.5 Å². The van der Waals surface area contributed by atoms with Gasteiger partial charge in [-0.05, 0) is 30.2 Å². The summed E-state index contributed by atoms with van der Waals surface area (Å²) in [6.07, 6.45) is 0.863. The molecule has 3 nitrogen and oxygen atoms in total. The van der Waals surface area contributed by atoms with Gasteiger partial charge in [0.15, 0.2) is 0 Å². The lowest BCUT2D eigenvalue weighted by atomic mass is 9.84. The van der Waals surface area contributed by atoms with Gasteiger partial charge in [-0.25, -0.2) is 0 Å². The first-order valence-corrected chi connectivity index (χ1v) is 6.49. The van der Waals surface area contributed by atoms with Gasteiger partial charge in [0.05, 0.1) is 0 Å². The molecule has 1 aliphatic heterocycles. The van der Waals surface area contributed by atoms with Gasteiger partial charge in [-0.2, -0.15) is 0 Å². The minimum atomic E-state index is -0.0468.